The lowest BCUT2D eigenvalue weighted by atomic mass is 9.87. The second-order valence-corrected chi connectivity index (χ2v) is 7.38. The number of nitrogens with one attached hydrogen (secondary N) is 1. The first-order chi connectivity index (χ1) is 11.6. The number of hydrogen-bond acceptors (Lipinski definition) is 3. The Morgan fingerprint density at radius 3 is 2.96 bits per heavy atom. The lowest BCUT2D eigenvalue weighted by Gasteiger charge is -2.34. The SMILES string of the molecule is COc1ccc2c(c1)[C@H](C(=O)NC[C@@H]1CCCO[C@H]1C(C)C)CC2. The summed E-state index contributed by atoms with van der Waals surface area (Å²) in [5, 5.41) is 3.20. The molecule has 1 aliphatic carbocycles. The van der Waals surface area contributed by atoms with Crippen molar-refractivity contribution in [3.05, 3.63) is 29.3 Å². The third-order valence-corrected chi connectivity index (χ3v) is 5.44. The Kier molecular flexibility index (Phi) is 5.44. The zero-order valence-corrected chi connectivity index (χ0v) is 15.0. The van der Waals surface area contributed by atoms with E-state index < -0.39 is 0 Å². The van der Waals surface area contributed by atoms with Crippen molar-refractivity contribution in [2.24, 2.45) is 11.8 Å². The third-order valence-electron chi connectivity index (χ3n) is 5.44. The monoisotopic (exact) mass is 331 g/mol. The van der Waals surface area contributed by atoms with E-state index in [0.29, 0.717) is 11.8 Å². The van der Waals surface area contributed by atoms with Crippen LogP contribution in [-0.2, 0) is 16.0 Å². The minimum Gasteiger partial charge on any atom is -0.497 e. The van der Waals surface area contributed by atoms with Crippen molar-refractivity contribution >= 4 is 5.91 Å². The molecule has 1 aliphatic heterocycles. The summed E-state index contributed by atoms with van der Waals surface area (Å²) in [7, 11) is 1.67. The van der Waals surface area contributed by atoms with E-state index in [1.165, 1.54) is 5.56 Å². The van der Waals surface area contributed by atoms with E-state index in [1.54, 1.807) is 7.11 Å². The van der Waals surface area contributed by atoms with Crippen molar-refractivity contribution in [3.8, 4) is 5.75 Å². The van der Waals surface area contributed by atoms with Crippen LogP contribution in [0.25, 0.3) is 0 Å². The minimum atomic E-state index is -0.0443. The normalized spacial score (nSPS) is 26.2. The maximum absolute atomic E-state index is 12.7. The summed E-state index contributed by atoms with van der Waals surface area (Å²) >= 11 is 0. The quantitative estimate of drug-likeness (QED) is 0.900. The van der Waals surface area contributed by atoms with Crippen LogP contribution in [0.5, 0.6) is 5.75 Å². The summed E-state index contributed by atoms with van der Waals surface area (Å²) in [5.74, 6) is 1.85. The molecule has 0 saturated carbocycles. The molecule has 0 bridgehead atoms. The van der Waals surface area contributed by atoms with Gasteiger partial charge in [-0.05, 0) is 54.9 Å². The highest BCUT2D eigenvalue weighted by Crippen LogP contribution is 2.35. The highest BCUT2D eigenvalue weighted by Gasteiger charge is 2.32. The van der Waals surface area contributed by atoms with Crippen LogP contribution in [0, 0.1) is 11.8 Å². The standard InChI is InChI=1S/C20H29NO3/c1-13(2)19-15(5-4-10-24-19)12-21-20(22)17-9-7-14-6-8-16(23-3)11-18(14)17/h6,8,11,13,15,17,19H,4-5,7,9-10,12H2,1-3H3,(H,21,22)/t15-,17+,19-/m0/s1. The molecule has 3 rings (SSSR count). The van der Waals surface area contributed by atoms with Crippen molar-refractivity contribution in [3.63, 3.8) is 0 Å². The molecule has 4 heteroatoms. The minimum absolute atomic E-state index is 0.0443. The van der Waals surface area contributed by atoms with Gasteiger partial charge < -0.3 is 14.8 Å². The lowest BCUT2D eigenvalue weighted by Crippen LogP contribution is -2.42. The fraction of sp³-hybridized carbons (Fsp3) is 0.650. The maximum Gasteiger partial charge on any atom is 0.227 e. The van der Waals surface area contributed by atoms with Gasteiger partial charge in [0.15, 0.2) is 0 Å². The van der Waals surface area contributed by atoms with Crippen LogP contribution in [0.2, 0.25) is 0 Å². The predicted molar refractivity (Wildman–Crippen MR) is 94.4 cm³/mol. The number of hydrogen-bond donors (Lipinski definition) is 1. The molecule has 1 aromatic carbocycles. The van der Waals surface area contributed by atoms with Gasteiger partial charge in [0.25, 0.3) is 0 Å². The van der Waals surface area contributed by atoms with Gasteiger partial charge in [-0.2, -0.15) is 0 Å². The number of aryl methyl sites for hydroxylation is 1. The van der Waals surface area contributed by atoms with Gasteiger partial charge in [0.2, 0.25) is 5.91 Å². The van der Waals surface area contributed by atoms with Crippen LogP contribution in [0.4, 0.5) is 0 Å². The number of ether oxygens (including phenoxy) is 2. The van der Waals surface area contributed by atoms with Gasteiger partial charge >= 0.3 is 0 Å². The number of methoxy groups -OCH3 is 1. The summed E-state index contributed by atoms with van der Waals surface area (Å²) in [5.41, 5.74) is 2.41. The molecule has 1 N–H and O–H groups in total. The highest BCUT2D eigenvalue weighted by molar-refractivity contribution is 5.85. The zero-order chi connectivity index (χ0) is 17.1. The third kappa shape index (κ3) is 3.59. The fourth-order valence-corrected chi connectivity index (χ4v) is 4.15. The number of amides is 1. The zero-order valence-electron chi connectivity index (χ0n) is 15.0. The van der Waals surface area contributed by atoms with E-state index in [-0.39, 0.29) is 17.9 Å². The van der Waals surface area contributed by atoms with Crippen molar-refractivity contribution in [1.82, 2.24) is 5.32 Å². The molecule has 24 heavy (non-hydrogen) atoms. The van der Waals surface area contributed by atoms with Crippen molar-refractivity contribution in [1.29, 1.82) is 0 Å². The molecule has 0 aromatic heterocycles. The lowest BCUT2D eigenvalue weighted by molar-refractivity contribution is -0.123. The molecular formula is C20H29NO3. The average molecular weight is 331 g/mol. The molecule has 1 amide bonds. The molecule has 1 aromatic rings. The number of carbonyl (C=O) groups excluding carboxylic acids is 1. The van der Waals surface area contributed by atoms with Gasteiger partial charge in [0, 0.05) is 19.1 Å². The van der Waals surface area contributed by atoms with Crippen LogP contribution < -0.4 is 10.1 Å². The molecule has 0 spiro atoms. The van der Waals surface area contributed by atoms with Crippen LogP contribution in [0.1, 0.15) is 50.2 Å². The Hall–Kier alpha value is -1.55. The van der Waals surface area contributed by atoms with E-state index in [4.69, 9.17) is 9.47 Å². The van der Waals surface area contributed by atoms with E-state index in [9.17, 15) is 4.79 Å². The number of rotatable bonds is 5. The largest absolute Gasteiger partial charge is 0.497 e. The average Bonchev–Trinajstić information content (AvgIpc) is 3.02. The highest BCUT2D eigenvalue weighted by atomic mass is 16.5. The summed E-state index contributed by atoms with van der Waals surface area (Å²) in [4.78, 5) is 12.7. The van der Waals surface area contributed by atoms with Crippen molar-refractivity contribution in [2.45, 2.75) is 51.6 Å². The molecule has 2 aliphatic rings. The second kappa shape index (κ2) is 7.56. The molecule has 1 heterocycles. The Balaban J connectivity index is 1.62. The Labute approximate surface area is 144 Å². The second-order valence-electron chi connectivity index (χ2n) is 7.38. The molecule has 3 atom stereocenters. The number of carbonyl (C=O) groups is 1. The number of benzene rings is 1. The van der Waals surface area contributed by atoms with Crippen LogP contribution >= 0.6 is 0 Å². The molecule has 1 saturated heterocycles. The first-order valence-electron chi connectivity index (χ1n) is 9.16. The van der Waals surface area contributed by atoms with Gasteiger partial charge in [-0.1, -0.05) is 19.9 Å². The summed E-state index contributed by atoms with van der Waals surface area (Å²) < 4.78 is 11.2. The van der Waals surface area contributed by atoms with Gasteiger partial charge in [-0.15, -0.1) is 0 Å². The first kappa shape index (κ1) is 17.3. The molecule has 132 valence electrons. The van der Waals surface area contributed by atoms with E-state index >= 15 is 0 Å². The molecular weight excluding hydrogens is 302 g/mol. The molecule has 1 fully saturated rings. The first-order valence-corrected chi connectivity index (χ1v) is 9.16. The van der Waals surface area contributed by atoms with Gasteiger partial charge in [0.05, 0.1) is 19.1 Å². The Morgan fingerprint density at radius 1 is 1.38 bits per heavy atom. The summed E-state index contributed by atoms with van der Waals surface area (Å²) in [6.07, 6.45) is 4.35. The van der Waals surface area contributed by atoms with Crippen molar-refractivity contribution in [2.75, 3.05) is 20.3 Å². The number of fused-ring (bicyclic) bond motifs is 1. The summed E-state index contributed by atoms with van der Waals surface area (Å²) in [6.45, 7) is 5.97. The Bertz CT molecular complexity index is 584. The fourth-order valence-electron chi connectivity index (χ4n) is 4.15. The van der Waals surface area contributed by atoms with Gasteiger partial charge in [0.1, 0.15) is 5.75 Å². The molecule has 0 unspecified atom stereocenters. The summed E-state index contributed by atoms with van der Waals surface area (Å²) in [6, 6.07) is 6.09. The van der Waals surface area contributed by atoms with Gasteiger partial charge in [-0.3, -0.25) is 4.79 Å². The molecule has 0 radical (unpaired) electrons. The Morgan fingerprint density at radius 2 is 2.21 bits per heavy atom. The van der Waals surface area contributed by atoms with Gasteiger partial charge in [-0.25, -0.2) is 0 Å². The van der Waals surface area contributed by atoms with Crippen LogP contribution in [-0.4, -0.2) is 32.3 Å². The van der Waals surface area contributed by atoms with Crippen LogP contribution in [0.15, 0.2) is 18.2 Å². The topological polar surface area (TPSA) is 47.6 Å². The van der Waals surface area contributed by atoms with Crippen LogP contribution in [0.3, 0.4) is 0 Å². The predicted octanol–water partition coefficient (Wildman–Crippen LogP) is 3.29. The molecule has 4 nitrogen and oxygen atoms in total. The van der Waals surface area contributed by atoms with Crippen molar-refractivity contribution < 1.29 is 14.3 Å². The maximum atomic E-state index is 12.7. The smallest absolute Gasteiger partial charge is 0.227 e. The van der Waals surface area contributed by atoms with E-state index in [2.05, 4.69) is 25.2 Å². The van der Waals surface area contributed by atoms with E-state index in [1.807, 2.05) is 12.1 Å². The van der Waals surface area contributed by atoms with E-state index in [0.717, 1.165) is 50.1 Å².